The van der Waals surface area contributed by atoms with Crippen molar-refractivity contribution in [1.29, 1.82) is 0 Å². The maximum absolute atomic E-state index is 13.5. The third-order valence-corrected chi connectivity index (χ3v) is 6.70. The number of carboxylic acid groups (broad SMARTS) is 1. The average Bonchev–Trinajstić information content (AvgIpc) is 3.44. The second-order valence-corrected chi connectivity index (χ2v) is 9.08. The number of carbonyl (C=O) groups excluding carboxylic acids is 1. The monoisotopic (exact) mass is 475 g/mol. The lowest BCUT2D eigenvalue weighted by Gasteiger charge is -2.31. The Hall–Kier alpha value is -1.99. The van der Waals surface area contributed by atoms with Gasteiger partial charge in [-0.05, 0) is 49.0 Å². The number of hydrogen-bond acceptors (Lipinski definition) is 2. The Morgan fingerprint density at radius 1 is 1.29 bits per heavy atom. The van der Waals surface area contributed by atoms with E-state index in [1.54, 1.807) is 18.2 Å². The number of aliphatic carboxylic acids is 1. The van der Waals surface area contributed by atoms with Gasteiger partial charge in [0, 0.05) is 10.4 Å². The molecule has 0 saturated heterocycles. The summed E-state index contributed by atoms with van der Waals surface area (Å²) in [5.41, 5.74) is 0.346. The molecule has 4 nitrogen and oxygen atoms in total. The van der Waals surface area contributed by atoms with Crippen LogP contribution in [0.3, 0.4) is 0 Å². The Kier molecular flexibility index (Phi) is 6.77. The number of benzene rings is 1. The van der Waals surface area contributed by atoms with Gasteiger partial charge in [0.15, 0.2) is 0 Å². The molecular weight excluding hydrogens is 454 g/mol. The van der Waals surface area contributed by atoms with Gasteiger partial charge in [0.05, 0.1) is 29.0 Å². The van der Waals surface area contributed by atoms with Crippen LogP contribution in [0.1, 0.15) is 38.2 Å². The largest absolute Gasteiger partial charge is 0.481 e. The first-order valence-electron chi connectivity index (χ1n) is 9.86. The van der Waals surface area contributed by atoms with E-state index in [4.69, 9.17) is 28.3 Å². The van der Waals surface area contributed by atoms with Crippen molar-refractivity contribution in [2.75, 3.05) is 5.32 Å². The van der Waals surface area contributed by atoms with Gasteiger partial charge in [-0.3, -0.25) is 9.59 Å². The van der Waals surface area contributed by atoms with E-state index in [-0.39, 0.29) is 23.6 Å². The Morgan fingerprint density at radius 3 is 2.48 bits per heavy atom. The number of carboxylic acids is 1. The number of allylic oxidation sites excluding steroid dienone is 4. The standard InChI is InChI=1S/C22H22Cl2F3NO3/c1-12(22(25,26)27)19(13-2-5-15(23)6-3-13)20(31)28-17-10-14(4-7-16(17)24)21(8-9-21)11-18(29)30/h2,4-7,10,12-13,19H,3,8-9,11H2,1H3,(H,28,31)(H,29,30)/t12-,13?,19+/m1/s1. The fraction of sp³-hybridized carbons (Fsp3) is 0.455. The van der Waals surface area contributed by atoms with Gasteiger partial charge in [-0.2, -0.15) is 13.2 Å². The fourth-order valence-corrected chi connectivity index (χ4v) is 4.37. The lowest BCUT2D eigenvalue weighted by molar-refractivity contribution is -0.188. The van der Waals surface area contributed by atoms with E-state index in [1.807, 2.05) is 0 Å². The Balaban J connectivity index is 1.87. The second kappa shape index (κ2) is 8.87. The van der Waals surface area contributed by atoms with E-state index >= 15 is 0 Å². The topological polar surface area (TPSA) is 66.4 Å². The molecule has 9 heteroatoms. The minimum Gasteiger partial charge on any atom is -0.481 e. The molecule has 1 aromatic rings. The van der Waals surface area contributed by atoms with Crippen molar-refractivity contribution >= 4 is 40.8 Å². The number of carbonyl (C=O) groups is 2. The molecule has 3 atom stereocenters. The van der Waals surface area contributed by atoms with Crippen LogP contribution in [0.5, 0.6) is 0 Å². The van der Waals surface area contributed by atoms with E-state index in [2.05, 4.69) is 5.32 Å². The summed E-state index contributed by atoms with van der Waals surface area (Å²) in [7, 11) is 0. The van der Waals surface area contributed by atoms with Crippen LogP contribution in [0, 0.1) is 17.8 Å². The molecule has 1 aromatic carbocycles. The van der Waals surface area contributed by atoms with E-state index < -0.39 is 41.2 Å². The molecule has 168 valence electrons. The Bertz CT molecular complexity index is 938. The number of nitrogens with one attached hydrogen (secondary N) is 1. The van der Waals surface area contributed by atoms with Crippen molar-refractivity contribution in [3.05, 3.63) is 52.0 Å². The molecule has 0 radical (unpaired) electrons. The SMILES string of the molecule is C[C@H]([C@H](C(=O)Nc1cc(C2(CC(=O)O)CC2)ccc1Cl)C1C=CC(Cl)=CC1)C(F)(F)F. The predicted octanol–water partition coefficient (Wildman–Crippen LogP) is 6.30. The number of amides is 1. The normalized spacial score (nSPS) is 21.7. The van der Waals surface area contributed by atoms with Crippen molar-refractivity contribution in [2.45, 2.75) is 44.2 Å². The molecule has 1 amide bonds. The first-order valence-corrected chi connectivity index (χ1v) is 10.6. The first-order chi connectivity index (χ1) is 14.4. The van der Waals surface area contributed by atoms with Gasteiger partial charge in [-0.25, -0.2) is 0 Å². The zero-order chi connectivity index (χ0) is 23.0. The summed E-state index contributed by atoms with van der Waals surface area (Å²) in [6.07, 6.45) is 1.56. The Labute approximate surface area is 188 Å². The van der Waals surface area contributed by atoms with Gasteiger partial charge in [-0.1, -0.05) is 48.3 Å². The zero-order valence-electron chi connectivity index (χ0n) is 16.7. The van der Waals surface area contributed by atoms with Crippen molar-refractivity contribution in [1.82, 2.24) is 0 Å². The molecule has 1 fully saturated rings. The lowest BCUT2D eigenvalue weighted by Crippen LogP contribution is -2.40. The van der Waals surface area contributed by atoms with E-state index in [0.29, 0.717) is 23.4 Å². The van der Waals surface area contributed by atoms with Crippen LogP contribution in [0.15, 0.2) is 41.5 Å². The summed E-state index contributed by atoms with van der Waals surface area (Å²) < 4.78 is 40.6. The molecule has 0 aromatic heterocycles. The molecule has 2 aliphatic carbocycles. The highest BCUT2D eigenvalue weighted by atomic mass is 35.5. The molecule has 2 aliphatic rings. The summed E-state index contributed by atoms with van der Waals surface area (Å²) in [6.45, 7) is 0.988. The summed E-state index contributed by atoms with van der Waals surface area (Å²) in [4.78, 5) is 24.2. The number of hydrogen-bond donors (Lipinski definition) is 2. The fourth-order valence-electron chi connectivity index (χ4n) is 4.05. The molecule has 0 heterocycles. The maximum atomic E-state index is 13.5. The summed E-state index contributed by atoms with van der Waals surface area (Å²) in [5.74, 6) is -5.69. The highest BCUT2D eigenvalue weighted by Crippen LogP contribution is 2.52. The van der Waals surface area contributed by atoms with E-state index in [1.165, 1.54) is 18.2 Å². The molecule has 2 N–H and O–H groups in total. The van der Waals surface area contributed by atoms with Crippen LogP contribution in [-0.4, -0.2) is 23.2 Å². The molecule has 1 unspecified atom stereocenters. The number of halogens is 5. The van der Waals surface area contributed by atoms with Gasteiger partial charge in [-0.15, -0.1) is 0 Å². The molecule has 0 aliphatic heterocycles. The smallest absolute Gasteiger partial charge is 0.392 e. The van der Waals surface area contributed by atoms with Crippen LogP contribution < -0.4 is 5.32 Å². The molecule has 3 rings (SSSR count). The molecule has 0 bridgehead atoms. The van der Waals surface area contributed by atoms with Crippen LogP contribution in [0.4, 0.5) is 18.9 Å². The minimum absolute atomic E-state index is 0.0598. The van der Waals surface area contributed by atoms with Crippen molar-refractivity contribution < 1.29 is 27.9 Å². The van der Waals surface area contributed by atoms with Crippen molar-refractivity contribution in [2.24, 2.45) is 17.8 Å². The van der Waals surface area contributed by atoms with Crippen molar-refractivity contribution in [3.8, 4) is 0 Å². The average molecular weight is 476 g/mol. The predicted molar refractivity (Wildman–Crippen MR) is 113 cm³/mol. The third kappa shape index (κ3) is 5.44. The molecule has 31 heavy (non-hydrogen) atoms. The summed E-state index contributed by atoms with van der Waals surface area (Å²) in [6, 6.07) is 4.79. The molecule has 1 saturated carbocycles. The maximum Gasteiger partial charge on any atom is 0.392 e. The number of rotatable bonds is 7. The minimum atomic E-state index is -4.56. The van der Waals surface area contributed by atoms with Crippen molar-refractivity contribution in [3.63, 3.8) is 0 Å². The summed E-state index contributed by atoms with van der Waals surface area (Å²) >= 11 is 12.1. The van der Waals surface area contributed by atoms with Gasteiger partial charge in [0.2, 0.25) is 5.91 Å². The number of anilines is 1. The Morgan fingerprint density at radius 2 is 1.97 bits per heavy atom. The van der Waals surface area contributed by atoms with Gasteiger partial charge >= 0.3 is 12.1 Å². The quantitative estimate of drug-likeness (QED) is 0.486. The third-order valence-electron chi connectivity index (χ3n) is 6.09. The zero-order valence-corrected chi connectivity index (χ0v) is 18.2. The molecule has 0 spiro atoms. The van der Waals surface area contributed by atoms with Gasteiger partial charge < -0.3 is 10.4 Å². The van der Waals surface area contributed by atoms with Crippen LogP contribution in [0.2, 0.25) is 5.02 Å². The first kappa shape index (κ1) is 23.7. The van der Waals surface area contributed by atoms with E-state index in [9.17, 15) is 22.8 Å². The highest BCUT2D eigenvalue weighted by molar-refractivity contribution is 6.33. The second-order valence-electron chi connectivity index (χ2n) is 8.24. The van der Waals surface area contributed by atoms with Gasteiger partial charge in [0.25, 0.3) is 0 Å². The van der Waals surface area contributed by atoms with E-state index in [0.717, 1.165) is 6.92 Å². The lowest BCUT2D eigenvalue weighted by atomic mass is 9.78. The van der Waals surface area contributed by atoms with Crippen LogP contribution >= 0.6 is 23.2 Å². The van der Waals surface area contributed by atoms with Gasteiger partial charge in [0.1, 0.15) is 0 Å². The molecular formula is C22H22Cl2F3NO3. The van der Waals surface area contributed by atoms with Crippen LogP contribution in [-0.2, 0) is 15.0 Å². The van der Waals surface area contributed by atoms with Crippen LogP contribution in [0.25, 0.3) is 0 Å². The summed E-state index contributed by atoms with van der Waals surface area (Å²) in [5, 5.41) is 12.3. The highest BCUT2D eigenvalue weighted by Gasteiger charge is 2.48. The number of alkyl halides is 3.